The Morgan fingerprint density at radius 1 is 1.33 bits per heavy atom. The molecule has 1 aliphatic heterocycles. The summed E-state index contributed by atoms with van der Waals surface area (Å²) in [6.07, 6.45) is 2.77. The molecule has 2 N–H and O–H groups in total. The largest absolute Gasteiger partial charge is 0.378 e. The third kappa shape index (κ3) is 5.09. The molecule has 0 bridgehead atoms. The molecule has 5 heteroatoms. The van der Waals surface area contributed by atoms with Crippen molar-refractivity contribution in [3.63, 3.8) is 0 Å². The van der Waals surface area contributed by atoms with Gasteiger partial charge in [-0.2, -0.15) is 0 Å². The van der Waals surface area contributed by atoms with Crippen molar-refractivity contribution in [3.8, 4) is 0 Å². The molecule has 1 fully saturated rings. The molecule has 1 heterocycles. The van der Waals surface area contributed by atoms with Crippen LogP contribution in [0.15, 0.2) is 16.6 Å². The van der Waals surface area contributed by atoms with E-state index in [2.05, 4.69) is 26.6 Å². The summed E-state index contributed by atoms with van der Waals surface area (Å²) >= 11 is 3.53. The van der Waals surface area contributed by atoms with Crippen LogP contribution in [0.5, 0.6) is 0 Å². The van der Waals surface area contributed by atoms with Crippen LogP contribution in [0.2, 0.25) is 0 Å². The second kappa shape index (κ2) is 7.92. The maximum atomic E-state index is 11.9. The number of amides is 1. The van der Waals surface area contributed by atoms with Crippen molar-refractivity contribution in [2.45, 2.75) is 39.2 Å². The number of anilines is 1. The van der Waals surface area contributed by atoms with Gasteiger partial charge in [-0.25, -0.2) is 0 Å². The zero-order valence-corrected chi connectivity index (χ0v) is 14.3. The first-order valence-corrected chi connectivity index (χ1v) is 8.24. The van der Waals surface area contributed by atoms with Gasteiger partial charge < -0.3 is 15.4 Å². The number of carbonyl (C=O) groups excluding carboxylic acids is 1. The lowest BCUT2D eigenvalue weighted by atomic mass is 10.1. The van der Waals surface area contributed by atoms with Gasteiger partial charge in [0.2, 0.25) is 5.91 Å². The molecule has 0 radical (unpaired) electrons. The van der Waals surface area contributed by atoms with E-state index in [9.17, 15) is 4.79 Å². The highest BCUT2D eigenvalue weighted by molar-refractivity contribution is 9.10. The van der Waals surface area contributed by atoms with Crippen molar-refractivity contribution in [2.24, 2.45) is 0 Å². The Morgan fingerprint density at radius 3 is 2.57 bits per heavy atom. The van der Waals surface area contributed by atoms with Crippen LogP contribution in [0.25, 0.3) is 0 Å². The zero-order chi connectivity index (χ0) is 15.2. The minimum absolute atomic E-state index is 0.00468. The first-order chi connectivity index (χ1) is 10.1. The number of aryl methyl sites for hydroxylation is 2. The predicted octanol–water partition coefficient (Wildman–Crippen LogP) is 3.16. The summed E-state index contributed by atoms with van der Waals surface area (Å²) in [6.45, 7) is 6.55. The summed E-state index contributed by atoms with van der Waals surface area (Å²) in [5.74, 6) is 0.00468. The molecule has 0 aliphatic carbocycles. The molecule has 0 spiro atoms. The minimum Gasteiger partial charge on any atom is -0.378 e. The topological polar surface area (TPSA) is 50.4 Å². The second-order valence-electron chi connectivity index (χ2n) is 5.54. The van der Waals surface area contributed by atoms with Crippen LogP contribution in [0.1, 0.15) is 30.4 Å². The summed E-state index contributed by atoms with van der Waals surface area (Å²) < 4.78 is 6.84. The number of ether oxygens (including phenoxy) is 1. The van der Waals surface area contributed by atoms with Gasteiger partial charge in [0.1, 0.15) is 0 Å². The van der Waals surface area contributed by atoms with E-state index < -0.39 is 0 Å². The van der Waals surface area contributed by atoms with Gasteiger partial charge in [0.25, 0.3) is 0 Å². The van der Waals surface area contributed by atoms with Crippen molar-refractivity contribution in [2.75, 3.05) is 25.0 Å². The number of benzene rings is 1. The van der Waals surface area contributed by atoms with Crippen LogP contribution in [0, 0.1) is 13.8 Å². The zero-order valence-electron chi connectivity index (χ0n) is 12.7. The van der Waals surface area contributed by atoms with E-state index in [1.807, 2.05) is 26.0 Å². The van der Waals surface area contributed by atoms with E-state index >= 15 is 0 Å². The quantitative estimate of drug-likeness (QED) is 0.853. The molecular weight excluding hydrogens is 332 g/mol. The lowest BCUT2D eigenvalue weighted by Crippen LogP contribution is -2.33. The van der Waals surface area contributed by atoms with Crippen LogP contribution in [-0.4, -0.2) is 31.7 Å². The summed E-state index contributed by atoms with van der Waals surface area (Å²) in [7, 11) is 0. The van der Waals surface area contributed by atoms with E-state index in [1.54, 1.807) is 0 Å². The molecule has 0 atom stereocenters. The van der Waals surface area contributed by atoms with Crippen molar-refractivity contribution < 1.29 is 9.53 Å². The van der Waals surface area contributed by atoms with Crippen LogP contribution in [0.3, 0.4) is 0 Å². The number of hydrogen-bond acceptors (Lipinski definition) is 3. The first-order valence-electron chi connectivity index (χ1n) is 7.45. The average molecular weight is 355 g/mol. The summed E-state index contributed by atoms with van der Waals surface area (Å²) in [4.78, 5) is 11.9. The molecule has 1 saturated heterocycles. The molecule has 1 aliphatic rings. The van der Waals surface area contributed by atoms with Crippen molar-refractivity contribution >= 4 is 27.5 Å². The molecule has 21 heavy (non-hydrogen) atoms. The average Bonchev–Trinajstić information content (AvgIpc) is 2.46. The Kier molecular flexibility index (Phi) is 6.21. The number of nitrogens with one attached hydrogen (secondary N) is 2. The Morgan fingerprint density at radius 2 is 1.95 bits per heavy atom. The molecule has 2 rings (SSSR count). The molecular formula is C16H23BrN2O2. The van der Waals surface area contributed by atoms with E-state index in [1.165, 1.54) is 0 Å². The third-order valence-corrected chi connectivity index (χ3v) is 4.94. The fraction of sp³-hybridized carbons (Fsp3) is 0.562. The number of halogens is 1. The highest BCUT2D eigenvalue weighted by Gasteiger charge is 2.13. The van der Waals surface area contributed by atoms with Gasteiger partial charge in [-0.15, -0.1) is 0 Å². The van der Waals surface area contributed by atoms with Crippen LogP contribution >= 0.6 is 15.9 Å². The molecule has 116 valence electrons. The fourth-order valence-electron chi connectivity index (χ4n) is 2.52. The van der Waals surface area contributed by atoms with Crippen molar-refractivity contribution in [1.29, 1.82) is 0 Å². The molecule has 0 saturated carbocycles. The normalized spacial score (nSPS) is 16.0. The monoisotopic (exact) mass is 354 g/mol. The molecule has 4 nitrogen and oxygen atoms in total. The van der Waals surface area contributed by atoms with Gasteiger partial charge in [0.05, 0.1) is 19.1 Å². The summed E-state index contributed by atoms with van der Waals surface area (Å²) in [6, 6.07) is 3.95. The number of carbonyl (C=O) groups is 1. The molecule has 0 unspecified atom stereocenters. The minimum atomic E-state index is 0.00468. The highest BCUT2D eigenvalue weighted by atomic mass is 79.9. The number of hydrogen-bond donors (Lipinski definition) is 2. The molecule has 0 aromatic heterocycles. The maximum absolute atomic E-state index is 11.9. The smallest absolute Gasteiger partial charge is 0.226 e. The lowest BCUT2D eigenvalue weighted by Gasteiger charge is -2.22. The number of rotatable bonds is 5. The van der Waals surface area contributed by atoms with E-state index in [0.717, 1.165) is 47.2 Å². The van der Waals surface area contributed by atoms with Crippen molar-refractivity contribution in [3.05, 3.63) is 27.7 Å². The van der Waals surface area contributed by atoms with Gasteiger partial charge >= 0.3 is 0 Å². The van der Waals surface area contributed by atoms with Crippen LogP contribution in [-0.2, 0) is 9.53 Å². The van der Waals surface area contributed by atoms with Gasteiger partial charge in [-0.1, -0.05) is 15.9 Å². The maximum Gasteiger partial charge on any atom is 0.226 e. The van der Waals surface area contributed by atoms with E-state index in [-0.39, 0.29) is 5.91 Å². The highest BCUT2D eigenvalue weighted by Crippen LogP contribution is 2.25. The standard InChI is InChI=1S/C16H23BrN2O2/c1-11-9-13(10-12(2)16(11)17)19-15(20)5-8-21-14-3-6-18-7-4-14/h9-10,14,18H,3-8H2,1-2H3,(H,19,20). The fourth-order valence-corrected chi connectivity index (χ4v) is 2.75. The SMILES string of the molecule is Cc1cc(NC(=O)CCOC2CCNCC2)cc(C)c1Br. The first kappa shape index (κ1) is 16.5. The number of piperidine rings is 1. The van der Waals surface area contributed by atoms with Crippen LogP contribution in [0.4, 0.5) is 5.69 Å². The second-order valence-corrected chi connectivity index (χ2v) is 6.34. The Balaban J connectivity index is 1.76. The van der Waals surface area contributed by atoms with Gasteiger partial charge in [0, 0.05) is 10.2 Å². The predicted molar refractivity (Wildman–Crippen MR) is 88.7 cm³/mol. The molecule has 1 aromatic rings. The third-order valence-electron chi connectivity index (χ3n) is 3.69. The molecule has 1 amide bonds. The van der Waals surface area contributed by atoms with E-state index in [0.29, 0.717) is 19.1 Å². The summed E-state index contributed by atoms with van der Waals surface area (Å²) in [5, 5.41) is 6.23. The van der Waals surface area contributed by atoms with Gasteiger partial charge in [-0.3, -0.25) is 4.79 Å². The Labute approximate surface area is 134 Å². The van der Waals surface area contributed by atoms with Gasteiger partial charge in [0.15, 0.2) is 0 Å². The Hall–Kier alpha value is -0.910. The van der Waals surface area contributed by atoms with E-state index in [4.69, 9.17) is 4.74 Å². The summed E-state index contributed by atoms with van der Waals surface area (Å²) in [5.41, 5.74) is 3.09. The lowest BCUT2D eigenvalue weighted by molar-refractivity contribution is -0.117. The van der Waals surface area contributed by atoms with Crippen molar-refractivity contribution in [1.82, 2.24) is 5.32 Å². The molecule has 1 aromatic carbocycles. The Bertz CT molecular complexity index is 476. The van der Waals surface area contributed by atoms with Crippen LogP contribution < -0.4 is 10.6 Å². The van der Waals surface area contributed by atoms with Gasteiger partial charge in [-0.05, 0) is 63.0 Å².